The Balaban J connectivity index is 1.94. The highest BCUT2D eigenvalue weighted by Crippen LogP contribution is 2.42. The number of halogens is 1. The number of amides is 1. The van der Waals surface area contributed by atoms with Gasteiger partial charge in [0.2, 0.25) is 0 Å². The molecule has 1 aliphatic heterocycles. The molecular formula is C25H18ClNO6. The molecule has 8 heteroatoms. The molecule has 166 valence electrons. The van der Waals surface area contributed by atoms with E-state index in [0.29, 0.717) is 21.9 Å². The molecule has 0 bridgehead atoms. The maximum Gasteiger partial charge on any atom is 0.335 e. The number of hydrogen-bond acceptors (Lipinski definition) is 5. The Kier molecular flexibility index (Phi) is 5.89. The fourth-order valence-electron chi connectivity index (χ4n) is 3.75. The number of carbonyl (C=O) groups excluding carboxylic acids is 2. The molecule has 4 rings (SSSR count). The lowest BCUT2D eigenvalue weighted by atomic mass is 9.95. The van der Waals surface area contributed by atoms with E-state index < -0.39 is 23.7 Å². The van der Waals surface area contributed by atoms with Gasteiger partial charge in [0.15, 0.2) is 0 Å². The normalized spacial score (nSPS) is 17.3. The van der Waals surface area contributed by atoms with Gasteiger partial charge in [0, 0.05) is 16.3 Å². The lowest BCUT2D eigenvalue weighted by Crippen LogP contribution is -2.29. The van der Waals surface area contributed by atoms with E-state index >= 15 is 0 Å². The molecule has 3 aromatic carbocycles. The van der Waals surface area contributed by atoms with E-state index in [9.17, 15) is 24.6 Å². The zero-order valence-electron chi connectivity index (χ0n) is 17.4. The summed E-state index contributed by atoms with van der Waals surface area (Å²) in [5.74, 6) is -2.72. The van der Waals surface area contributed by atoms with Crippen LogP contribution in [0.5, 0.6) is 5.75 Å². The molecule has 0 aliphatic carbocycles. The second-order valence-electron chi connectivity index (χ2n) is 7.30. The highest BCUT2D eigenvalue weighted by molar-refractivity contribution is 6.51. The number of Topliss-reactive ketones (excluding diaryl/α,β-unsaturated/α-hetero) is 1. The predicted octanol–water partition coefficient (Wildman–Crippen LogP) is 4.67. The number of hydrogen-bond donors (Lipinski definition) is 2. The van der Waals surface area contributed by atoms with Crippen molar-refractivity contribution < 1.29 is 29.3 Å². The standard InChI is InChI=1S/C25H18ClNO6/c1-33-19-11-7-14(8-12-19)21-20(22(28)15-5-9-17(26)10-6-15)23(29)24(30)27(21)18-4-2-3-16(13-18)25(31)32/h2-13,21,28H,1H3,(H,31,32)/b22-20-. The van der Waals surface area contributed by atoms with Gasteiger partial charge in [0.1, 0.15) is 11.5 Å². The SMILES string of the molecule is COc1ccc(C2/C(=C(/O)c3ccc(Cl)cc3)C(=O)C(=O)N2c2cccc(C(=O)O)c2)cc1. The summed E-state index contributed by atoms with van der Waals surface area (Å²) in [4.78, 5) is 38.9. The van der Waals surface area contributed by atoms with E-state index in [4.69, 9.17) is 16.3 Å². The molecule has 0 spiro atoms. The van der Waals surface area contributed by atoms with Crippen LogP contribution >= 0.6 is 11.6 Å². The van der Waals surface area contributed by atoms with Gasteiger partial charge in [-0.05, 0) is 60.2 Å². The van der Waals surface area contributed by atoms with Crippen LogP contribution in [0.3, 0.4) is 0 Å². The van der Waals surface area contributed by atoms with E-state index in [2.05, 4.69) is 0 Å². The van der Waals surface area contributed by atoms with Gasteiger partial charge in [-0.1, -0.05) is 29.8 Å². The molecule has 0 radical (unpaired) electrons. The first-order valence-corrected chi connectivity index (χ1v) is 10.2. The van der Waals surface area contributed by atoms with Crippen LogP contribution in [0.15, 0.2) is 78.4 Å². The maximum atomic E-state index is 13.1. The summed E-state index contributed by atoms with van der Waals surface area (Å²) in [5, 5.41) is 20.9. The third-order valence-corrected chi connectivity index (χ3v) is 5.62. The molecule has 1 atom stereocenters. The summed E-state index contributed by atoms with van der Waals surface area (Å²) in [6.45, 7) is 0. The summed E-state index contributed by atoms with van der Waals surface area (Å²) < 4.78 is 5.20. The van der Waals surface area contributed by atoms with E-state index in [-0.39, 0.29) is 22.6 Å². The lowest BCUT2D eigenvalue weighted by Gasteiger charge is -2.25. The Morgan fingerprint density at radius 3 is 2.21 bits per heavy atom. The number of methoxy groups -OCH3 is 1. The van der Waals surface area contributed by atoms with Gasteiger partial charge in [0.25, 0.3) is 11.7 Å². The monoisotopic (exact) mass is 463 g/mol. The minimum absolute atomic E-state index is 0.0411. The number of ether oxygens (including phenoxy) is 1. The first kappa shape index (κ1) is 22.1. The molecule has 2 N–H and O–H groups in total. The van der Waals surface area contributed by atoms with Crippen LogP contribution < -0.4 is 9.64 Å². The molecule has 33 heavy (non-hydrogen) atoms. The zero-order chi connectivity index (χ0) is 23.7. The Labute approximate surface area is 194 Å². The Morgan fingerprint density at radius 2 is 1.61 bits per heavy atom. The third kappa shape index (κ3) is 4.06. The van der Waals surface area contributed by atoms with Crippen LogP contribution in [0.4, 0.5) is 5.69 Å². The average molecular weight is 464 g/mol. The van der Waals surface area contributed by atoms with Gasteiger partial charge in [-0.3, -0.25) is 14.5 Å². The zero-order valence-corrected chi connectivity index (χ0v) is 18.1. The van der Waals surface area contributed by atoms with Gasteiger partial charge in [0.05, 0.1) is 24.3 Å². The van der Waals surface area contributed by atoms with Crippen LogP contribution in [0.25, 0.3) is 5.76 Å². The summed E-state index contributed by atoms with van der Waals surface area (Å²) in [6, 6.07) is 17.6. The fourth-order valence-corrected chi connectivity index (χ4v) is 3.88. The number of ketones is 1. The highest BCUT2D eigenvalue weighted by Gasteiger charge is 2.47. The molecule has 3 aromatic rings. The van der Waals surface area contributed by atoms with Gasteiger partial charge in [-0.2, -0.15) is 0 Å². The van der Waals surface area contributed by atoms with Crippen molar-refractivity contribution in [3.05, 3.63) is 100 Å². The predicted molar refractivity (Wildman–Crippen MR) is 123 cm³/mol. The van der Waals surface area contributed by atoms with Crippen LogP contribution in [0.2, 0.25) is 5.02 Å². The number of carboxylic acids is 1. The lowest BCUT2D eigenvalue weighted by molar-refractivity contribution is -0.132. The summed E-state index contributed by atoms with van der Waals surface area (Å²) in [5.41, 5.74) is 0.906. The van der Waals surface area contributed by atoms with E-state index in [0.717, 1.165) is 0 Å². The Hall–Kier alpha value is -4.10. The molecule has 1 saturated heterocycles. The molecule has 0 saturated carbocycles. The van der Waals surface area contributed by atoms with Crippen LogP contribution in [0.1, 0.15) is 27.5 Å². The van der Waals surface area contributed by atoms with E-state index in [1.807, 2.05) is 0 Å². The molecule has 7 nitrogen and oxygen atoms in total. The van der Waals surface area contributed by atoms with Crippen molar-refractivity contribution in [2.75, 3.05) is 12.0 Å². The minimum atomic E-state index is -1.17. The molecule has 1 fully saturated rings. The number of carbonyl (C=O) groups is 3. The van der Waals surface area contributed by atoms with Gasteiger partial charge in [-0.15, -0.1) is 0 Å². The topological polar surface area (TPSA) is 104 Å². The fraction of sp³-hybridized carbons (Fsp3) is 0.0800. The number of nitrogens with zero attached hydrogens (tertiary/aromatic N) is 1. The van der Waals surface area contributed by atoms with Gasteiger partial charge in [-0.25, -0.2) is 4.79 Å². The second kappa shape index (κ2) is 8.80. The van der Waals surface area contributed by atoms with Crippen molar-refractivity contribution in [1.82, 2.24) is 0 Å². The van der Waals surface area contributed by atoms with Crippen LogP contribution in [-0.4, -0.2) is 35.0 Å². The Morgan fingerprint density at radius 1 is 0.939 bits per heavy atom. The highest BCUT2D eigenvalue weighted by atomic mass is 35.5. The minimum Gasteiger partial charge on any atom is -0.507 e. The van der Waals surface area contributed by atoms with E-state index in [1.54, 1.807) is 48.5 Å². The molecule has 1 amide bonds. The molecule has 1 aliphatic rings. The molecular weight excluding hydrogens is 446 g/mol. The van der Waals surface area contributed by atoms with Crippen molar-refractivity contribution in [1.29, 1.82) is 0 Å². The summed E-state index contributed by atoms with van der Waals surface area (Å²) in [6.07, 6.45) is 0. The van der Waals surface area contributed by atoms with Crippen molar-refractivity contribution in [3.63, 3.8) is 0 Å². The molecule has 1 unspecified atom stereocenters. The average Bonchev–Trinajstić information content (AvgIpc) is 3.09. The van der Waals surface area contributed by atoms with Crippen LogP contribution in [-0.2, 0) is 9.59 Å². The quantitative estimate of drug-likeness (QED) is 0.323. The van der Waals surface area contributed by atoms with Crippen molar-refractivity contribution in [2.45, 2.75) is 6.04 Å². The van der Waals surface area contributed by atoms with Crippen molar-refractivity contribution in [2.24, 2.45) is 0 Å². The number of carboxylic acid groups (broad SMARTS) is 1. The maximum absolute atomic E-state index is 13.1. The second-order valence-corrected chi connectivity index (χ2v) is 7.74. The van der Waals surface area contributed by atoms with Crippen LogP contribution in [0, 0.1) is 0 Å². The van der Waals surface area contributed by atoms with E-state index in [1.165, 1.54) is 36.3 Å². The first-order valence-electron chi connectivity index (χ1n) is 9.86. The number of anilines is 1. The number of aliphatic hydroxyl groups excluding tert-OH is 1. The number of rotatable bonds is 5. The van der Waals surface area contributed by atoms with Gasteiger partial charge < -0.3 is 14.9 Å². The molecule has 1 heterocycles. The third-order valence-electron chi connectivity index (χ3n) is 5.36. The molecule has 0 aromatic heterocycles. The Bertz CT molecular complexity index is 1280. The first-order chi connectivity index (χ1) is 15.8. The van der Waals surface area contributed by atoms with Gasteiger partial charge >= 0.3 is 5.97 Å². The number of aliphatic hydroxyl groups is 1. The summed E-state index contributed by atoms with van der Waals surface area (Å²) in [7, 11) is 1.51. The number of benzene rings is 3. The number of aromatic carboxylic acids is 1. The van der Waals surface area contributed by atoms with Crippen molar-refractivity contribution in [3.8, 4) is 5.75 Å². The smallest absolute Gasteiger partial charge is 0.335 e. The summed E-state index contributed by atoms with van der Waals surface area (Å²) >= 11 is 5.94. The van der Waals surface area contributed by atoms with Crippen molar-refractivity contribution >= 4 is 40.7 Å². The largest absolute Gasteiger partial charge is 0.507 e.